The third-order valence-electron chi connectivity index (χ3n) is 2.67. The van der Waals surface area contributed by atoms with Gasteiger partial charge in [0.05, 0.1) is 5.57 Å². The Morgan fingerprint density at radius 2 is 1.57 bits per heavy atom. The summed E-state index contributed by atoms with van der Waals surface area (Å²) >= 11 is 0. The predicted molar refractivity (Wildman–Crippen MR) is 80.3 cm³/mol. The van der Waals surface area contributed by atoms with Crippen LogP contribution in [0.2, 0.25) is 0 Å². The number of carbonyl (C=O) groups is 2. The fourth-order valence-corrected chi connectivity index (χ4v) is 1.56. The van der Waals surface area contributed by atoms with Gasteiger partial charge >= 0.3 is 39.2 Å². The highest BCUT2D eigenvalue weighted by Gasteiger charge is 2.68. The normalized spacial score (nSPS) is 15.5. The minimum Gasteiger partial charge on any atom is -0.412 e. The lowest BCUT2D eigenvalue weighted by atomic mass is 10.1. The van der Waals surface area contributed by atoms with Crippen molar-refractivity contribution in [2.24, 2.45) is 0 Å². The van der Waals surface area contributed by atoms with Crippen molar-refractivity contribution < 1.29 is 58.4 Å². The first-order chi connectivity index (χ1) is 12.2. The lowest BCUT2D eigenvalue weighted by molar-refractivity contribution is -0.353. The number of rotatable bonds is 8. The van der Waals surface area contributed by atoms with Gasteiger partial charge in [0.25, 0.3) is 0 Å². The Labute approximate surface area is 155 Å². The quantitative estimate of drug-likeness (QED) is 0.192. The van der Waals surface area contributed by atoms with Gasteiger partial charge in [0.15, 0.2) is 0 Å². The van der Waals surface area contributed by atoms with E-state index >= 15 is 0 Å². The van der Waals surface area contributed by atoms with Gasteiger partial charge in [-0.15, -0.1) is 0 Å². The number of alkyl halides is 6. The second kappa shape index (κ2) is 8.24. The zero-order chi connectivity index (χ0) is 22.8. The third-order valence-corrected chi connectivity index (χ3v) is 3.54. The highest BCUT2D eigenvalue weighted by atomic mass is 32.2. The molecule has 0 saturated heterocycles. The Morgan fingerprint density at radius 1 is 1.11 bits per heavy atom. The van der Waals surface area contributed by atoms with Gasteiger partial charge in [0, 0.05) is 5.54 Å². The standard InChI is InChI=1S/C13H17F6NO7S/c1-7(5-14)8(21)27-12(13(17,18)19,9(22)20-10(2,3)4)26-6-11(15,16)28(23,24)25/h1,5-6H2,2-4H3,(H,20,22)(H,23,24,25). The summed E-state index contributed by atoms with van der Waals surface area (Å²) in [6, 6.07) is 0. The first kappa shape index (κ1) is 26.1. The highest BCUT2D eigenvalue weighted by Crippen LogP contribution is 2.38. The molecule has 15 heteroatoms. The number of hydrogen-bond acceptors (Lipinski definition) is 6. The molecule has 2 N–H and O–H groups in total. The van der Waals surface area contributed by atoms with Gasteiger partial charge in [-0.25, -0.2) is 9.18 Å². The fourth-order valence-electron chi connectivity index (χ4n) is 1.35. The van der Waals surface area contributed by atoms with Crippen LogP contribution in [0.25, 0.3) is 0 Å². The fraction of sp³-hybridized carbons (Fsp3) is 0.692. The molecular formula is C13H17F6NO7S. The number of halogens is 6. The molecule has 0 radical (unpaired) electrons. The van der Waals surface area contributed by atoms with E-state index in [1.807, 2.05) is 0 Å². The summed E-state index contributed by atoms with van der Waals surface area (Å²) in [7, 11) is -6.26. The second-order valence-electron chi connectivity index (χ2n) is 6.35. The van der Waals surface area contributed by atoms with E-state index < -0.39 is 63.6 Å². The molecule has 0 saturated carbocycles. The monoisotopic (exact) mass is 445 g/mol. The number of carbonyl (C=O) groups excluding carboxylic acids is 2. The number of esters is 1. The maximum Gasteiger partial charge on any atom is 0.466 e. The van der Waals surface area contributed by atoms with Gasteiger partial charge in [-0.1, -0.05) is 6.58 Å². The van der Waals surface area contributed by atoms with E-state index in [0.717, 1.165) is 0 Å². The topological polar surface area (TPSA) is 119 Å². The van der Waals surface area contributed by atoms with Crippen molar-refractivity contribution in [3.05, 3.63) is 12.2 Å². The molecule has 0 aromatic rings. The van der Waals surface area contributed by atoms with Gasteiger partial charge in [-0.05, 0) is 20.8 Å². The van der Waals surface area contributed by atoms with Crippen LogP contribution in [-0.4, -0.2) is 60.9 Å². The lowest BCUT2D eigenvalue weighted by Gasteiger charge is -2.36. The zero-order valence-electron chi connectivity index (χ0n) is 14.7. The Balaban J connectivity index is 6.31. The van der Waals surface area contributed by atoms with Gasteiger partial charge in [-0.2, -0.15) is 30.4 Å². The molecule has 0 fully saturated rings. The molecule has 0 spiro atoms. The summed E-state index contributed by atoms with van der Waals surface area (Å²) in [5, 5.41) is -3.65. The van der Waals surface area contributed by atoms with E-state index in [9.17, 15) is 44.3 Å². The number of amides is 1. The summed E-state index contributed by atoms with van der Waals surface area (Å²) in [6.45, 7) is 1.79. The summed E-state index contributed by atoms with van der Waals surface area (Å²) < 4.78 is 117. The van der Waals surface area contributed by atoms with Crippen LogP contribution in [0.5, 0.6) is 0 Å². The first-order valence-electron chi connectivity index (χ1n) is 7.05. The predicted octanol–water partition coefficient (Wildman–Crippen LogP) is 1.73. The molecule has 28 heavy (non-hydrogen) atoms. The molecule has 0 aromatic heterocycles. The van der Waals surface area contributed by atoms with Crippen LogP contribution in [0.4, 0.5) is 26.3 Å². The summed E-state index contributed by atoms with van der Waals surface area (Å²) in [6.07, 6.45) is -6.04. The summed E-state index contributed by atoms with van der Waals surface area (Å²) in [5.74, 6) is -9.29. The molecule has 0 bridgehead atoms. The minimum absolute atomic E-state index is 1.17. The molecule has 1 atom stereocenters. The van der Waals surface area contributed by atoms with Crippen LogP contribution in [0.1, 0.15) is 20.8 Å². The van der Waals surface area contributed by atoms with Crippen molar-refractivity contribution in [3.63, 3.8) is 0 Å². The lowest BCUT2D eigenvalue weighted by Crippen LogP contribution is -2.65. The minimum atomic E-state index is -6.26. The SMILES string of the molecule is C=C(CF)C(=O)OC(OCC(F)(F)S(=O)(=O)O)(C(=O)NC(C)(C)C)C(F)(F)F. The van der Waals surface area contributed by atoms with E-state index in [2.05, 4.69) is 16.1 Å². The van der Waals surface area contributed by atoms with Crippen LogP contribution in [-0.2, 0) is 29.2 Å². The molecule has 0 aliphatic heterocycles. The summed E-state index contributed by atoms with van der Waals surface area (Å²) in [4.78, 5) is 23.7. The molecule has 0 heterocycles. The molecule has 0 aromatic carbocycles. The van der Waals surface area contributed by atoms with Crippen molar-refractivity contribution in [2.75, 3.05) is 13.3 Å². The molecule has 0 rings (SSSR count). The van der Waals surface area contributed by atoms with E-state index in [1.54, 1.807) is 5.32 Å². The number of nitrogens with one attached hydrogen (secondary N) is 1. The number of hydrogen-bond donors (Lipinski definition) is 2. The third kappa shape index (κ3) is 6.34. The maximum atomic E-state index is 13.6. The average Bonchev–Trinajstić information content (AvgIpc) is 2.45. The Hall–Kier alpha value is -1.87. The first-order valence-corrected chi connectivity index (χ1v) is 8.49. The molecule has 1 unspecified atom stereocenters. The van der Waals surface area contributed by atoms with Crippen LogP contribution in [0.3, 0.4) is 0 Å². The van der Waals surface area contributed by atoms with Gasteiger partial charge < -0.3 is 14.8 Å². The molecule has 0 aliphatic carbocycles. The molecule has 8 nitrogen and oxygen atoms in total. The zero-order valence-corrected chi connectivity index (χ0v) is 15.5. The largest absolute Gasteiger partial charge is 0.466 e. The molecule has 164 valence electrons. The van der Waals surface area contributed by atoms with Crippen LogP contribution in [0, 0.1) is 0 Å². The summed E-state index contributed by atoms with van der Waals surface area (Å²) in [5.41, 5.74) is -2.66. The second-order valence-corrected chi connectivity index (χ2v) is 7.89. The van der Waals surface area contributed by atoms with Crippen molar-refractivity contribution in [1.82, 2.24) is 5.32 Å². The van der Waals surface area contributed by atoms with Crippen molar-refractivity contribution >= 4 is 22.0 Å². The van der Waals surface area contributed by atoms with Crippen LogP contribution < -0.4 is 5.32 Å². The molecular weight excluding hydrogens is 428 g/mol. The van der Waals surface area contributed by atoms with E-state index in [-0.39, 0.29) is 0 Å². The van der Waals surface area contributed by atoms with E-state index in [1.165, 1.54) is 20.8 Å². The van der Waals surface area contributed by atoms with E-state index in [0.29, 0.717) is 0 Å². The maximum absolute atomic E-state index is 13.6. The smallest absolute Gasteiger partial charge is 0.412 e. The van der Waals surface area contributed by atoms with Crippen LogP contribution in [0.15, 0.2) is 12.2 Å². The molecule has 1 amide bonds. The Kier molecular flexibility index (Phi) is 7.69. The van der Waals surface area contributed by atoms with Gasteiger partial charge in [-0.3, -0.25) is 9.35 Å². The Morgan fingerprint density at radius 3 is 1.89 bits per heavy atom. The molecule has 0 aliphatic rings. The van der Waals surface area contributed by atoms with Gasteiger partial charge in [0.2, 0.25) is 0 Å². The highest BCUT2D eigenvalue weighted by molar-refractivity contribution is 7.86. The van der Waals surface area contributed by atoms with Crippen molar-refractivity contribution in [2.45, 2.75) is 43.5 Å². The van der Waals surface area contributed by atoms with Crippen molar-refractivity contribution in [1.29, 1.82) is 0 Å². The average molecular weight is 445 g/mol. The van der Waals surface area contributed by atoms with Gasteiger partial charge in [0.1, 0.15) is 13.3 Å². The number of ether oxygens (including phenoxy) is 2. The van der Waals surface area contributed by atoms with Crippen LogP contribution >= 0.6 is 0 Å². The van der Waals surface area contributed by atoms with Crippen molar-refractivity contribution in [3.8, 4) is 0 Å². The Bertz CT molecular complexity index is 729. The van der Waals surface area contributed by atoms with E-state index in [4.69, 9.17) is 4.55 Å².